The summed E-state index contributed by atoms with van der Waals surface area (Å²) >= 11 is 1.69. The first-order chi connectivity index (χ1) is 15.7. The summed E-state index contributed by atoms with van der Waals surface area (Å²) < 4.78 is 5.74. The number of hydrogen-bond acceptors (Lipinski definition) is 5. The van der Waals surface area contributed by atoms with E-state index >= 15 is 0 Å². The van der Waals surface area contributed by atoms with Crippen molar-refractivity contribution < 1.29 is 9.53 Å². The topological polar surface area (TPSA) is 63.0 Å². The minimum absolute atomic E-state index is 0.0614. The molecule has 5 heteroatoms. The Morgan fingerprint density at radius 2 is 1.94 bits per heavy atom. The molecule has 0 radical (unpaired) electrons. The smallest absolute Gasteiger partial charge is 0.339 e. The van der Waals surface area contributed by atoms with Crippen molar-refractivity contribution in [2.24, 2.45) is 0 Å². The standard InChI is InChI=1S/C27H20N2O2S/c28-16-19-7-1-2-8-20(19)17-31-27(30)25-22-11-3-4-13-24(22)29-26-18(9-5-12-23(25)26)15-21-10-6-14-32-21/h1-4,6-8,10-11,13-15H,5,9,12,17H2. The molecule has 4 nitrogen and oxygen atoms in total. The van der Waals surface area contributed by atoms with E-state index in [0.717, 1.165) is 47.0 Å². The van der Waals surface area contributed by atoms with Gasteiger partial charge in [-0.15, -0.1) is 11.3 Å². The zero-order chi connectivity index (χ0) is 21.9. The molecule has 32 heavy (non-hydrogen) atoms. The van der Waals surface area contributed by atoms with Gasteiger partial charge in [0.1, 0.15) is 6.61 Å². The minimum atomic E-state index is -0.370. The third-order valence-corrected chi connectivity index (χ3v) is 6.55. The van der Waals surface area contributed by atoms with Gasteiger partial charge in [0.2, 0.25) is 0 Å². The number of thiophene rings is 1. The molecule has 2 heterocycles. The van der Waals surface area contributed by atoms with Gasteiger partial charge in [0, 0.05) is 15.8 Å². The molecule has 0 aliphatic heterocycles. The monoisotopic (exact) mass is 436 g/mol. The summed E-state index contributed by atoms with van der Waals surface area (Å²) in [5.74, 6) is -0.370. The molecule has 5 rings (SSSR count). The third-order valence-electron chi connectivity index (χ3n) is 5.73. The van der Waals surface area contributed by atoms with Gasteiger partial charge >= 0.3 is 5.97 Å². The SMILES string of the molecule is N#Cc1ccccc1COC(=O)c1c2c(nc3ccccc13)C(=Cc1cccs1)CCC2. The fourth-order valence-corrected chi connectivity index (χ4v) is 4.91. The Labute approximate surface area is 190 Å². The molecule has 1 aliphatic carbocycles. The number of esters is 1. The van der Waals surface area contributed by atoms with Gasteiger partial charge in [-0.25, -0.2) is 9.78 Å². The number of nitrogens with zero attached hydrogens (tertiary/aromatic N) is 2. The number of carbonyl (C=O) groups excluding carboxylic acids is 1. The number of rotatable bonds is 4. The molecule has 2 aromatic heterocycles. The van der Waals surface area contributed by atoms with Crippen molar-refractivity contribution in [3.63, 3.8) is 0 Å². The maximum atomic E-state index is 13.4. The molecule has 0 atom stereocenters. The summed E-state index contributed by atoms with van der Waals surface area (Å²) in [6.07, 6.45) is 4.86. The predicted octanol–water partition coefficient (Wildman–Crippen LogP) is 6.40. The Kier molecular flexibility index (Phi) is 5.53. The second-order valence-corrected chi connectivity index (χ2v) is 8.69. The van der Waals surface area contributed by atoms with Crippen LogP contribution in [0.3, 0.4) is 0 Å². The van der Waals surface area contributed by atoms with E-state index in [9.17, 15) is 10.1 Å². The average molecular weight is 437 g/mol. The first-order valence-electron chi connectivity index (χ1n) is 10.6. The highest BCUT2D eigenvalue weighted by Crippen LogP contribution is 2.37. The highest BCUT2D eigenvalue weighted by atomic mass is 32.1. The lowest BCUT2D eigenvalue weighted by Crippen LogP contribution is -2.15. The molecule has 0 saturated heterocycles. The second-order valence-electron chi connectivity index (χ2n) is 7.71. The zero-order valence-corrected chi connectivity index (χ0v) is 18.2. The lowest BCUT2D eigenvalue weighted by molar-refractivity contribution is 0.0473. The normalized spacial score (nSPS) is 14.2. The number of benzene rings is 2. The van der Waals surface area contributed by atoms with Crippen LogP contribution in [0.2, 0.25) is 0 Å². The molecular weight excluding hydrogens is 416 g/mol. The quantitative estimate of drug-likeness (QED) is 0.347. The Bertz CT molecular complexity index is 1380. The molecule has 4 aromatic rings. The van der Waals surface area contributed by atoms with Crippen LogP contribution in [0.15, 0.2) is 66.0 Å². The Morgan fingerprint density at radius 3 is 2.78 bits per heavy atom. The summed E-state index contributed by atoms with van der Waals surface area (Å²) in [5.41, 5.74) is 5.61. The van der Waals surface area contributed by atoms with E-state index in [2.05, 4.69) is 23.6 Å². The molecule has 0 spiro atoms. The molecule has 0 fully saturated rings. The van der Waals surface area contributed by atoms with Crippen LogP contribution in [0.25, 0.3) is 22.6 Å². The lowest BCUT2D eigenvalue weighted by Gasteiger charge is -2.22. The first-order valence-corrected chi connectivity index (χ1v) is 11.4. The van der Waals surface area contributed by atoms with E-state index in [0.29, 0.717) is 16.7 Å². The predicted molar refractivity (Wildman–Crippen MR) is 127 cm³/mol. The fourth-order valence-electron chi connectivity index (χ4n) is 4.22. The van der Waals surface area contributed by atoms with Gasteiger partial charge in [-0.3, -0.25) is 0 Å². The third kappa shape index (κ3) is 3.81. The molecule has 0 bridgehead atoms. The highest BCUT2D eigenvalue weighted by molar-refractivity contribution is 7.10. The number of fused-ring (bicyclic) bond motifs is 2. The fraction of sp³-hybridized carbons (Fsp3) is 0.148. The number of aromatic nitrogens is 1. The highest BCUT2D eigenvalue weighted by Gasteiger charge is 2.26. The van der Waals surface area contributed by atoms with Crippen LogP contribution in [0.1, 0.15) is 50.5 Å². The number of allylic oxidation sites excluding steroid dienone is 1. The Balaban J connectivity index is 1.58. The van der Waals surface area contributed by atoms with Gasteiger partial charge < -0.3 is 4.74 Å². The summed E-state index contributed by atoms with van der Waals surface area (Å²) in [6, 6.07) is 21.2. The van der Waals surface area contributed by atoms with E-state index in [1.807, 2.05) is 42.5 Å². The number of para-hydroxylation sites is 1. The van der Waals surface area contributed by atoms with Crippen LogP contribution in [0, 0.1) is 11.3 Å². The van der Waals surface area contributed by atoms with Crippen molar-refractivity contribution in [3.8, 4) is 6.07 Å². The molecule has 0 saturated carbocycles. The van der Waals surface area contributed by atoms with E-state index < -0.39 is 0 Å². The number of hydrogen-bond donors (Lipinski definition) is 0. The van der Waals surface area contributed by atoms with Crippen molar-refractivity contribution in [2.45, 2.75) is 25.9 Å². The van der Waals surface area contributed by atoms with Gasteiger partial charge in [-0.1, -0.05) is 42.5 Å². The largest absolute Gasteiger partial charge is 0.457 e. The first kappa shape index (κ1) is 20.2. The van der Waals surface area contributed by atoms with E-state index in [1.54, 1.807) is 23.5 Å². The van der Waals surface area contributed by atoms with E-state index in [1.165, 1.54) is 4.88 Å². The maximum absolute atomic E-state index is 13.4. The van der Waals surface area contributed by atoms with Gasteiger partial charge in [-0.05, 0) is 60.1 Å². The van der Waals surface area contributed by atoms with Crippen LogP contribution in [0.5, 0.6) is 0 Å². The summed E-state index contributed by atoms with van der Waals surface area (Å²) in [6.45, 7) is 0.0614. The van der Waals surface area contributed by atoms with Crippen molar-refractivity contribution in [2.75, 3.05) is 0 Å². The van der Waals surface area contributed by atoms with Gasteiger partial charge in [0.05, 0.1) is 28.4 Å². The minimum Gasteiger partial charge on any atom is -0.457 e. The second kappa shape index (κ2) is 8.78. The number of ether oxygens (including phenoxy) is 1. The Morgan fingerprint density at radius 1 is 1.09 bits per heavy atom. The van der Waals surface area contributed by atoms with Crippen molar-refractivity contribution in [1.29, 1.82) is 5.26 Å². The molecule has 0 N–H and O–H groups in total. The van der Waals surface area contributed by atoms with Crippen LogP contribution < -0.4 is 0 Å². The molecule has 0 unspecified atom stereocenters. The van der Waals surface area contributed by atoms with Gasteiger partial charge in [0.25, 0.3) is 0 Å². The number of carbonyl (C=O) groups is 1. The zero-order valence-electron chi connectivity index (χ0n) is 17.4. The molecule has 0 amide bonds. The van der Waals surface area contributed by atoms with Crippen LogP contribution >= 0.6 is 11.3 Å². The number of pyridine rings is 1. The maximum Gasteiger partial charge on any atom is 0.339 e. The number of nitriles is 1. The van der Waals surface area contributed by atoms with Crippen LogP contribution in [-0.4, -0.2) is 11.0 Å². The van der Waals surface area contributed by atoms with Crippen molar-refractivity contribution in [1.82, 2.24) is 4.98 Å². The van der Waals surface area contributed by atoms with Crippen molar-refractivity contribution in [3.05, 3.63) is 98.9 Å². The van der Waals surface area contributed by atoms with Gasteiger partial charge in [0.15, 0.2) is 0 Å². The summed E-state index contributed by atoms with van der Waals surface area (Å²) in [7, 11) is 0. The van der Waals surface area contributed by atoms with E-state index in [-0.39, 0.29) is 12.6 Å². The van der Waals surface area contributed by atoms with Crippen LogP contribution in [-0.2, 0) is 17.8 Å². The van der Waals surface area contributed by atoms with Crippen molar-refractivity contribution >= 4 is 39.9 Å². The summed E-state index contributed by atoms with van der Waals surface area (Å²) in [4.78, 5) is 19.5. The molecule has 2 aromatic carbocycles. The summed E-state index contributed by atoms with van der Waals surface area (Å²) in [5, 5.41) is 12.2. The molecular formula is C27H20N2O2S. The average Bonchev–Trinajstić information content (AvgIpc) is 3.34. The van der Waals surface area contributed by atoms with Gasteiger partial charge in [-0.2, -0.15) is 5.26 Å². The molecule has 156 valence electrons. The Hall–Kier alpha value is -3.75. The van der Waals surface area contributed by atoms with Crippen LogP contribution in [0.4, 0.5) is 0 Å². The lowest BCUT2D eigenvalue weighted by atomic mass is 9.86. The molecule has 1 aliphatic rings. The van der Waals surface area contributed by atoms with E-state index in [4.69, 9.17) is 9.72 Å².